The molecule has 0 aliphatic carbocycles. The third-order valence-corrected chi connectivity index (χ3v) is 4.85. The highest BCUT2D eigenvalue weighted by molar-refractivity contribution is 6.05. The lowest BCUT2D eigenvalue weighted by molar-refractivity contribution is -0.385. The van der Waals surface area contributed by atoms with Gasteiger partial charge in [0, 0.05) is 17.8 Å². The largest absolute Gasteiger partial charge is 0.423 e. The molecule has 0 saturated carbocycles. The predicted molar refractivity (Wildman–Crippen MR) is 120 cm³/mol. The van der Waals surface area contributed by atoms with Gasteiger partial charge in [0.1, 0.15) is 5.75 Å². The third-order valence-electron chi connectivity index (χ3n) is 4.85. The Hall–Kier alpha value is -4.32. The zero-order valence-corrected chi connectivity index (χ0v) is 16.7. The van der Waals surface area contributed by atoms with Gasteiger partial charge >= 0.3 is 5.97 Å². The average Bonchev–Trinajstić information content (AvgIpc) is 2.79. The van der Waals surface area contributed by atoms with Crippen LogP contribution in [0.1, 0.15) is 21.5 Å². The molecule has 0 aliphatic rings. The monoisotopic (exact) mass is 410 g/mol. The van der Waals surface area contributed by atoms with E-state index < -0.39 is 10.9 Å². The van der Waals surface area contributed by atoms with E-state index in [1.807, 2.05) is 36.4 Å². The van der Waals surface area contributed by atoms with Crippen LogP contribution in [0.3, 0.4) is 0 Å². The average molecular weight is 410 g/mol. The second kappa shape index (κ2) is 8.59. The van der Waals surface area contributed by atoms with Gasteiger partial charge in [-0.1, -0.05) is 42.5 Å². The summed E-state index contributed by atoms with van der Waals surface area (Å²) in [7, 11) is 0. The van der Waals surface area contributed by atoms with E-state index in [1.54, 1.807) is 55.6 Å². The van der Waals surface area contributed by atoms with Crippen molar-refractivity contribution in [3.63, 3.8) is 0 Å². The summed E-state index contributed by atoms with van der Waals surface area (Å²) in [5, 5.41) is 12.9. The molecule has 152 valence electrons. The second-order valence-electron chi connectivity index (χ2n) is 6.97. The van der Waals surface area contributed by atoms with E-state index in [9.17, 15) is 14.9 Å². The lowest BCUT2D eigenvalue weighted by atomic mass is 10.0. The van der Waals surface area contributed by atoms with Crippen LogP contribution in [-0.2, 0) is 0 Å². The van der Waals surface area contributed by atoms with E-state index in [4.69, 9.17) is 4.74 Å². The summed E-state index contributed by atoms with van der Waals surface area (Å²) in [4.78, 5) is 27.6. The fourth-order valence-electron chi connectivity index (χ4n) is 3.21. The second-order valence-corrected chi connectivity index (χ2v) is 6.97. The van der Waals surface area contributed by atoms with Crippen LogP contribution in [0.4, 0.5) is 11.4 Å². The zero-order chi connectivity index (χ0) is 21.8. The Labute approximate surface area is 178 Å². The molecule has 0 aliphatic heterocycles. The molecule has 6 heteroatoms. The molecule has 4 aromatic rings. The molecular formula is C25H18N2O4. The zero-order valence-electron chi connectivity index (χ0n) is 16.7. The first-order valence-electron chi connectivity index (χ1n) is 9.60. The Morgan fingerprint density at radius 1 is 0.968 bits per heavy atom. The van der Waals surface area contributed by atoms with Crippen molar-refractivity contribution in [1.82, 2.24) is 0 Å². The molecule has 0 N–H and O–H groups in total. The summed E-state index contributed by atoms with van der Waals surface area (Å²) < 4.78 is 5.52. The van der Waals surface area contributed by atoms with E-state index in [2.05, 4.69) is 4.99 Å². The highest BCUT2D eigenvalue weighted by Gasteiger charge is 2.12. The summed E-state index contributed by atoms with van der Waals surface area (Å²) in [6.07, 6.45) is 1.60. The number of hydrogen-bond donors (Lipinski definition) is 0. The number of nitro groups is 1. The van der Waals surface area contributed by atoms with Gasteiger partial charge in [-0.25, -0.2) is 4.79 Å². The number of esters is 1. The van der Waals surface area contributed by atoms with Gasteiger partial charge in [-0.3, -0.25) is 15.1 Å². The molecule has 0 amide bonds. The number of carbonyl (C=O) groups excluding carboxylic acids is 1. The molecule has 31 heavy (non-hydrogen) atoms. The molecule has 0 fully saturated rings. The fourth-order valence-corrected chi connectivity index (χ4v) is 3.21. The molecule has 0 heterocycles. The highest BCUT2D eigenvalue weighted by Crippen LogP contribution is 2.24. The molecule has 4 aromatic carbocycles. The Balaban J connectivity index is 1.48. The third kappa shape index (κ3) is 4.48. The van der Waals surface area contributed by atoms with E-state index in [0.717, 1.165) is 16.3 Å². The summed E-state index contributed by atoms with van der Waals surface area (Å²) in [5.74, 6) is -0.00811. The van der Waals surface area contributed by atoms with Crippen molar-refractivity contribution >= 4 is 34.3 Å². The number of nitrogens with zero attached hydrogens (tertiary/aromatic N) is 2. The SMILES string of the molecule is Cc1ccc(N=Cc2ccc(OC(=O)c3cccc4ccccc34)cc2)cc1[N+](=O)[O-]. The number of ether oxygens (including phenoxy) is 1. The number of nitro benzene ring substituents is 1. The van der Waals surface area contributed by atoms with Crippen LogP contribution in [0, 0.1) is 17.0 Å². The molecule has 0 spiro atoms. The van der Waals surface area contributed by atoms with E-state index in [0.29, 0.717) is 22.6 Å². The lowest BCUT2D eigenvalue weighted by Crippen LogP contribution is -2.09. The predicted octanol–water partition coefficient (Wildman–Crippen LogP) is 6.03. The number of aliphatic imine (C=N–C) groups is 1. The van der Waals surface area contributed by atoms with Gasteiger partial charge in [0.2, 0.25) is 0 Å². The lowest BCUT2D eigenvalue weighted by Gasteiger charge is -2.07. The highest BCUT2D eigenvalue weighted by atomic mass is 16.6. The Morgan fingerprint density at radius 3 is 2.48 bits per heavy atom. The van der Waals surface area contributed by atoms with Gasteiger partial charge in [-0.15, -0.1) is 0 Å². The molecule has 4 rings (SSSR count). The molecule has 0 atom stereocenters. The van der Waals surface area contributed by atoms with Crippen LogP contribution in [-0.4, -0.2) is 17.1 Å². The van der Waals surface area contributed by atoms with Gasteiger partial charge in [-0.05, 0) is 59.7 Å². The van der Waals surface area contributed by atoms with Crippen molar-refractivity contribution in [2.75, 3.05) is 0 Å². The first-order chi connectivity index (χ1) is 15.0. The van der Waals surface area contributed by atoms with Gasteiger partial charge < -0.3 is 4.74 Å². The maximum Gasteiger partial charge on any atom is 0.344 e. The number of benzene rings is 4. The van der Waals surface area contributed by atoms with E-state index in [-0.39, 0.29) is 5.69 Å². The van der Waals surface area contributed by atoms with Crippen LogP contribution >= 0.6 is 0 Å². The molecule has 0 saturated heterocycles. The van der Waals surface area contributed by atoms with Gasteiger partial charge in [-0.2, -0.15) is 0 Å². The van der Waals surface area contributed by atoms with Crippen LogP contribution < -0.4 is 4.74 Å². The molecule has 6 nitrogen and oxygen atoms in total. The number of hydrogen-bond acceptors (Lipinski definition) is 5. The minimum absolute atomic E-state index is 0.0327. The normalized spacial score (nSPS) is 11.0. The van der Waals surface area contributed by atoms with Crippen molar-refractivity contribution in [3.05, 3.63) is 112 Å². The summed E-state index contributed by atoms with van der Waals surface area (Å²) >= 11 is 0. The van der Waals surface area contributed by atoms with Crippen molar-refractivity contribution in [2.45, 2.75) is 6.92 Å². The number of carbonyl (C=O) groups is 1. The number of fused-ring (bicyclic) bond motifs is 1. The van der Waals surface area contributed by atoms with Crippen LogP contribution in [0.2, 0.25) is 0 Å². The maximum absolute atomic E-state index is 12.6. The van der Waals surface area contributed by atoms with Gasteiger partial charge in [0.25, 0.3) is 5.69 Å². The summed E-state index contributed by atoms with van der Waals surface area (Å²) in [6.45, 7) is 1.68. The topological polar surface area (TPSA) is 81.8 Å². The number of aryl methyl sites for hydroxylation is 1. The van der Waals surface area contributed by atoms with E-state index >= 15 is 0 Å². The first kappa shape index (κ1) is 20.0. The van der Waals surface area contributed by atoms with Crippen molar-refractivity contribution in [2.24, 2.45) is 4.99 Å². The van der Waals surface area contributed by atoms with E-state index in [1.165, 1.54) is 6.07 Å². The standard InChI is InChI=1S/C25H18N2O4/c1-17-9-12-20(15-24(17)27(29)30)26-16-18-10-13-21(14-11-18)31-25(28)23-8-4-6-19-5-2-3-7-22(19)23/h2-16H,1H3. The Bertz CT molecular complexity index is 1310. The molecule has 0 radical (unpaired) electrons. The van der Waals surface area contributed by atoms with Crippen LogP contribution in [0.25, 0.3) is 10.8 Å². The van der Waals surface area contributed by atoms with Crippen molar-refractivity contribution in [3.8, 4) is 5.75 Å². The minimum atomic E-state index is -0.426. The van der Waals surface area contributed by atoms with Crippen LogP contribution in [0.15, 0.2) is 89.9 Å². The number of rotatable bonds is 5. The van der Waals surface area contributed by atoms with Crippen LogP contribution in [0.5, 0.6) is 5.75 Å². The minimum Gasteiger partial charge on any atom is -0.423 e. The molecule has 0 aromatic heterocycles. The molecular weight excluding hydrogens is 392 g/mol. The van der Waals surface area contributed by atoms with Crippen molar-refractivity contribution < 1.29 is 14.5 Å². The summed E-state index contributed by atoms with van der Waals surface area (Å²) in [6, 6.07) is 24.9. The Morgan fingerprint density at radius 2 is 1.71 bits per heavy atom. The smallest absolute Gasteiger partial charge is 0.344 e. The maximum atomic E-state index is 12.6. The Kier molecular flexibility index (Phi) is 5.53. The molecule has 0 bridgehead atoms. The van der Waals surface area contributed by atoms with Crippen molar-refractivity contribution in [1.29, 1.82) is 0 Å². The van der Waals surface area contributed by atoms with Gasteiger partial charge in [0.05, 0.1) is 16.2 Å². The fraction of sp³-hybridized carbons (Fsp3) is 0.0400. The quantitative estimate of drug-likeness (QED) is 0.132. The summed E-state index contributed by atoms with van der Waals surface area (Å²) in [5.41, 5.74) is 2.38. The molecule has 0 unspecified atom stereocenters. The van der Waals surface area contributed by atoms with Gasteiger partial charge in [0.15, 0.2) is 0 Å². The first-order valence-corrected chi connectivity index (χ1v) is 9.60.